The van der Waals surface area contributed by atoms with Crippen LogP contribution in [0, 0.1) is 6.92 Å². The Kier molecular flexibility index (Phi) is 5.06. The molecule has 0 saturated carbocycles. The molecule has 0 aliphatic carbocycles. The minimum absolute atomic E-state index is 0.119. The Morgan fingerprint density at radius 3 is 2.74 bits per heavy atom. The van der Waals surface area contributed by atoms with E-state index in [-0.39, 0.29) is 18.9 Å². The van der Waals surface area contributed by atoms with Crippen LogP contribution in [-0.4, -0.2) is 26.5 Å². The Labute approximate surface area is 197 Å². The van der Waals surface area contributed by atoms with E-state index < -0.39 is 0 Å². The molecule has 4 heterocycles. The van der Waals surface area contributed by atoms with Crippen LogP contribution in [0.4, 0.5) is 0 Å². The fourth-order valence-corrected chi connectivity index (χ4v) is 4.61. The summed E-state index contributed by atoms with van der Waals surface area (Å²) in [6.07, 6.45) is 1.57. The Morgan fingerprint density at radius 1 is 1.06 bits per heavy atom. The maximum absolute atomic E-state index is 13.4. The number of ether oxygens (including phenoxy) is 2. The molecule has 2 aromatic carbocycles. The summed E-state index contributed by atoms with van der Waals surface area (Å²) in [6, 6.07) is 14.8. The van der Waals surface area contributed by atoms with E-state index in [1.54, 1.807) is 29.0 Å². The molecule has 0 N–H and O–H groups in total. The van der Waals surface area contributed by atoms with Crippen LogP contribution in [-0.2, 0) is 12.3 Å². The molecule has 1 aliphatic rings. The number of rotatable bonds is 6. The van der Waals surface area contributed by atoms with Gasteiger partial charge in [0, 0.05) is 11.6 Å². The highest BCUT2D eigenvalue weighted by molar-refractivity contribution is 7.98. The standard InChI is InChI=1S/C24H18N4O5S/c1-14-5-2-3-7-16(14)22-26-21(33-27-22)12-34-24-25-18-10-20-19(31-13-32-20)9-17(18)23(29)28(24)11-15-6-4-8-30-15/h2-10H,11-13H2,1H3. The molecule has 5 aromatic rings. The normalized spacial score (nSPS) is 12.5. The largest absolute Gasteiger partial charge is 0.467 e. The van der Waals surface area contributed by atoms with Crippen molar-refractivity contribution in [3.05, 3.63) is 82.4 Å². The molecule has 0 atom stereocenters. The number of thioether (sulfide) groups is 1. The summed E-state index contributed by atoms with van der Waals surface area (Å²) in [4.78, 5) is 22.7. The van der Waals surface area contributed by atoms with E-state index in [1.165, 1.54) is 11.8 Å². The van der Waals surface area contributed by atoms with Crippen LogP contribution in [0.2, 0.25) is 0 Å². The molecule has 0 spiro atoms. The molecule has 0 saturated heterocycles. The second kappa shape index (κ2) is 8.38. The average molecular weight is 474 g/mol. The fraction of sp³-hybridized carbons (Fsp3) is 0.167. The van der Waals surface area contributed by atoms with Gasteiger partial charge in [-0.1, -0.05) is 41.2 Å². The molecule has 6 rings (SSSR count). The van der Waals surface area contributed by atoms with Crippen molar-refractivity contribution in [2.75, 3.05) is 6.79 Å². The van der Waals surface area contributed by atoms with Gasteiger partial charge in [0.05, 0.1) is 29.5 Å². The summed E-state index contributed by atoms with van der Waals surface area (Å²) in [7, 11) is 0. The van der Waals surface area contributed by atoms with Gasteiger partial charge in [-0.25, -0.2) is 4.98 Å². The molecule has 0 bridgehead atoms. The van der Waals surface area contributed by atoms with Crippen LogP contribution < -0.4 is 15.0 Å². The molecule has 3 aromatic heterocycles. The Bertz CT molecular complexity index is 1560. The van der Waals surface area contributed by atoms with Gasteiger partial charge in [0.25, 0.3) is 5.56 Å². The van der Waals surface area contributed by atoms with Crippen molar-refractivity contribution in [2.24, 2.45) is 0 Å². The zero-order valence-corrected chi connectivity index (χ0v) is 18.9. The second-order valence-electron chi connectivity index (χ2n) is 7.70. The molecule has 0 radical (unpaired) electrons. The van der Waals surface area contributed by atoms with E-state index in [2.05, 4.69) is 10.1 Å². The number of fused-ring (bicyclic) bond motifs is 2. The first kappa shape index (κ1) is 20.5. The first-order valence-electron chi connectivity index (χ1n) is 10.5. The Morgan fingerprint density at radius 2 is 1.91 bits per heavy atom. The smallest absolute Gasteiger partial charge is 0.262 e. The molecular weight excluding hydrogens is 456 g/mol. The van der Waals surface area contributed by atoms with Gasteiger partial charge in [0.15, 0.2) is 16.7 Å². The summed E-state index contributed by atoms with van der Waals surface area (Å²) >= 11 is 1.34. The molecular formula is C24H18N4O5S. The van der Waals surface area contributed by atoms with Crippen LogP contribution in [0.25, 0.3) is 22.3 Å². The minimum Gasteiger partial charge on any atom is -0.467 e. The van der Waals surface area contributed by atoms with Crippen molar-refractivity contribution in [2.45, 2.75) is 24.4 Å². The SMILES string of the molecule is Cc1ccccc1-c1noc(CSc2nc3cc4c(cc3c(=O)n2Cc2ccco2)OCO4)n1. The minimum atomic E-state index is -0.201. The van der Waals surface area contributed by atoms with Gasteiger partial charge >= 0.3 is 0 Å². The van der Waals surface area contributed by atoms with E-state index in [0.717, 1.165) is 11.1 Å². The molecule has 9 nitrogen and oxygen atoms in total. The molecule has 34 heavy (non-hydrogen) atoms. The van der Waals surface area contributed by atoms with Crippen molar-refractivity contribution in [1.82, 2.24) is 19.7 Å². The Hall–Kier alpha value is -4.05. The van der Waals surface area contributed by atoms with Crippen molar-refractivity contribution in [3.63, 3.8) is 0 Å². The van der Waals surface area contributed by atoms with Crippen molar-refractivity contribution >= 4 is 22.7 Å². The lowest BCUT2D eigenvalue weighted by Gasteiger charge is -2.12. The number of furan rings is 1. The quantitative estimate of drug-likeness (QED) is 0.261. The highest BCUT2D eigenvalue weighted by Crippen LogP contribution is 2.35. The van der Waals surface area contributed by atoms with E-state index >= 15 is 0 Å². The van der Waals surface area contributed by atoms with E-state index in [9.17, 15) is 4.79 Å². The predicted molar refractivity (Wildman–Crippen MR) is 124 cm³/mol. The number of hydrogen-bond donors (Lipinski definition) is 0. The fourth-order valence-electron chi connectivity index (χ4n) is 3.77. The zero-order valence-electron chi connectivity index (χ0n) is 18.1. The van der Waals surface area contributed by atoms with E-state index in [1.807, 2.05) is 37.3 Å². The van der Waals surface area contributed by atoms with Gasteiger partial charge in [0.2, 0.25) is 18.5 Å². The third-order valence-electron chi connectivity index (χ3n) is 5.49. The van der Waals surface area contributed by atoms with Gasteiger partial charge < -0.3 is 18.4 Å². The lowest BCUT2D eigenvalue weighted by molar-refractivity contribution is 0.174. The summed E-state index contributed by atoms with van der Waals surface area (Å²) in [5.74, 6) is 3.06. The van der Waals surface area contributed by atoms with Gasteiger partial charge in [-0.3, -0.25) is 9.36 Å². The van der Waals surface area contributed by atoms with Crippen molar-refractivity contribution in [1.29, 1.82) is 0 Å². The molecule has 0 unspecified atom stereocenters. The van der Waals surface area contributed by atoms with Crippen LogP contribution in [0.1, 0.15) is 17.2 Å². The van der Waals surface area contributed by atoms with Gasteiger partial charge in [-0.2, -0.15) is 4.98 Å². The topological polar surface area (TPSA) is 105 Å². The zero-order chi connectivity index (χ0) is 23.1. The molecule has 0 fully saturated rings. The van der Waals surface area contributed by atoms with Crippen LogP contribution in [0.15, 0.2) is 73.7 Å². The predicted octanol–water partition coefficient (Wildman–Crippen LogP) is 4.42. The van der Waals surface area contributed by atoms with Crippen molar-refractivity contribution in [3.8, 4) is 22.9 Å². The number of benzene rings is 2. The average Bonchev–Trinajstić information content (AvgIpc) is 3.61. The maximum Gasteiger partial charge on any atom is 0.262 e. The van der Waals surface area contributed by atoms with Gasteiger partial charge in [0.1, 0.15) is 5.76 Å². The first-order valence-corrected chi connectivity index (χ1v) is 11.5. The summed E-state index contributed by atoms with van der Waals surface area (Å²) < 4.78 is 23.4. The second-order valence-corrected chi connectivity index (χ2v) is 8.65. The van der Waals surface area contributed by atoms with Gasteiger partial charge in [-0.05, 0) is 30.7 Å². The highest BCUT2D eigenvalue weighted by atomic mass is 32.2. The monoisotopic (exact) mass is 474 g/mol. The summed E-state index contributed by atoms with van der Waals surface area (Å²) in [6.45, 7) is 2.36. The lowest BCUT2D eigenvalue weighted by atomic mass is 10.1. The molecule has 10 heteroatoms. The summed E-state index contributed by atoms with van der Waals surface area (Å²) in [5.41, 5.74) is 2.30. The lowest BCUT2D eigenvalue weighted by Crippen LogP contribution is -2.23. The third kappa shape index (κ3) is 3.71. The highest BCUT2D eigenvalue weighted by Gasteiger charge is 2.20. The Balaban J connectivity index is 1.36. The van der Waals surface area contributed by atoms with Crippen molar-refractivity contribution < 1.29 is 18.4 Å². The van der Waals surface area contributed by atoms with Crippen LogP contribution in [0.5, 0.6) is 11.5 Å². The number of nitrogens with zero attached hydrogens (tertiary/aromatic N) is 4. The van der Waals surface area contributed by atoms with E-state index in [0.29, 0.717) is 50.8 Å². The van der Waals surface area contributed by atoms with Crippen LogP contribution >= 0.6 is 11.8 Å². The number of aromatic nitrogens is 4. The molecule has 170 valence electrons. The first-order chi connectivity index (χ1) is 16.7. The van der Waals surface area contributed by atoms with E-state index in [4.69, 9.17) is 23.4 Å². The van der Waals surface area contributed by atoms with Gasteiger partial charge in [-0.15, -0.1) is 0 Å². The number of aryl methyl sites for hydroxylation is 1. The molecule has 0 amide bonds. The molecule has 1 aliphatic heterocycles. The maximum atomic E-state index is 13.4. The number of hydrogen-bond acceptors (Lipinski definition) is 9. The van der Waals surface area contributed by atoms with Crippen LogP contribution in [0.3, 0.4) is 0 Å². The third-order valence-corrected chi connectivity index (χ3v) is 6.45. The summed E-state index contributed by atoms with van der Waals surface area (Å²) in [5, 5.41) is 5.06.